The molecule has 0 amide bonds. The molecule has 0 aliphatic carbocycles. The van der Waals surface area contributed by atoms with Gasteiger partial charge in [-0.25, -0.2) is 4.79 Å². The van der Waals surface area contributed by atoms with E-state index in [0.29, 0.717) is 17.4 Å². The van der Waals surface area contributed by atoms with Crippen molar-refractivity contribution in [2.24, 2.45) is 0 Å². The van der Waals surface area contributed by atoms with E-state index in [4.69, 9.17) is 5.11 Å². The van der Waals surface area contributed by atoms with Gasteiger partial charge in [0, 0.05) is 0 Å². The predicted molar refractivity (Wildman–Crippen MR) is 71.7 cm³/mol. The fourth-order valence-electron chi connectivity index (χ4n) is 2.01. The second-order valence-electron chi connectivity index (χ2n) is 4.89. The SMILES string of the molecule is C=Cc1c(C(C)C)cc(C(=O)O)cc1C(C)C. The molecule has 0 spiro atoms. The first-order chi connectivity index (χ1) is 7.88. The van der Waals surface area contributed by atoms with Crippen LogP contribution in [0.4, 0.5) is 0 Å². The lowest BCUT2D eigenvalue weighted by Crippen LogP contribution is -2.05. The molecule has 2 nitrogen and oxygen atoms in total. The topological polar surface area (TPSA) is 37.3 Å². The average molecular weight is 232 g/mol. The third-order valence-corrected chi connectivity index (χ3v) is 2.94. The number of rotatable bonds is 4. The molecule has 17 heavy (non-hydrogen) atoms. The van der Waals surface area contributed by atoms with Crippen LogP contribution in [0.15, 0.2) is 18.7 Å². The number of carbonyl (C=O) groups is 1. The largest absolute Gasteiger partial charge is 0.478 e. The van der Waals surface area contributed by atoms with Crippen molar-refractivity contribution in [1.82, 2.24) is 0 Å². The summed E-state index contributed by atoms with van der Waals surface area (Å²) in [7, 11) is 0. The Morgan fingerprint density at radius 1 is 1.18 bits per heavy atom. The minimum Gasteiger partial charge on any atom is -0.478 e. The van der Waals surface area contributed by atoms with Crippen LogP contribution in [0.3, 0.4) is 0 Å². The molecular formula is C15H20O2. The molecule has 0 fully saturated rings. The van der Waals surface area contributed by atoms with Crippen LogP contribution in [0.5, 0.6) is 0 Å². The molecule has 92 valence electrons. The molecule has 1 aromatic carbocycles. The van der Waals surface area contributed by atoms with Gasteiger partial charge in [0.05, 0.1) is 5.56 Å². The molecule has 1 aromatic rings. The van der Waals surface area contributed by atoms with E-state index in [-0.39, 0.29) is 0 Å². The summed E-state index contributed by atoms with van der Waals surface area (Å²) in [6.45, 7) is 12.1. The summed E-state index contributed by atoms with van der Waals surface area (Å²) in [5.41, 5.74) is 3.57. The number of aromatic carboxylic acids is 1. The van der Waals surface area contributed by atoms with Crippen LogP contribution in [0, 0.1) is 0 Å². The molecule has 0 saturated carbocycles. The van der Waals surface area contributed by atoms with Gasteiger partial charge in [-0.05, 0) is 40.7 Å². The lowest BCUT2D eigenvalue weighted by atomic mass is 9.87. The summed E-state index contributed by atoms with van der Waals surface area (Å²) < 4.78 is 0. The van der Waals surface area contributed by atoms with Crippen LogP contribution in [0.1, 0.15) is 66.6 Å². The zero-order valence-corrected chi connectivity index (χ0v) is 10.9. The Balaban J connectivity index is 3.57. The Bertz CT molecular complexity index is 413. The van der Waals surface area contributed by atoms with E-state index >= 15 is 0 Å². The lowest BCUT2D eigenvalue weighted by molar-refractivity contribution is 0.0696. The van der Waals surface area contributed by atoms with E-state index in [1.54, 1.807) is 12.1 Å². The molecule has 0 heterocycles. The molecule has 0 unspecified atom stereocenters. The van der Waals surface area contributed by atoms with Gasteiger partial charge in [0.25, 0.3) is 0 Å². The fraction of sp³-hybridized carbons (Fsp3) is 0.400. The first-order valence-electron chi connectivity index (χ1n) is 5.92. The van der Waals surface area contributed by atoms with Crippen LogP contribution in [-0.4, -0.2) is 11.1 Å². The third-order valence-electron chi connectivity index (χ3n) is 2.94. The van der Waals surface area contributed by atoms with Gasteiger partial charge in [-0.15, -0.1) is 0 Å². The van der Waals surface area contributed by atoms with Crippen LogP contribution >= 0.6 is 0 Å². The Morgan fingerprint density at radius 2 is 1.59 bits per heavy atom. The fourth-order valence-corrected chi connectivity index (χ4v) is 2.01. The number of carboxylic acid groups (broad SMARTS) is 1. The minimum atomic E-state index is -0.871. The van der Waals surface area contributed by atoms with Crippen LogP contribution in [0.2, 0.25) is 0 Å². The van der Waals surface area contributed by atoms with Crippen molar-refractivity contribution in [2.45, 2.75) is 39.5 Å². The summed E-state index contributed by atoms with van der Waals surface area (Å²) in [6, 6.07) is 3.52. The van der Waals surface area contributed by atoms with E-state index in [1.165, 1.54) is 0 Å². The summed E-state index contributed by atoms with van der Waals surface area (Å²) in [6.07, 6.45) is 1.83. The maximum Gasteiger partial charge on any atom is 0.335 e. The highest BCUT2D eigenvalue weighted by molar-refractivity contribution is 5.89. The third kappa shape index (κ3) is 2.76. The highest BCUT2D eigenvalue weighted by atomic mass is 16.4. The van der Waals surface area contributed by atoms with Gasteiger partial charge in [-0.3, -0.25) is 0 Å². The quantitative estimate of drug-likeness (QED) is 0.841. The minimum absolute atomic E-state index is 0.291. The van der Waals surface area contributed by atoms with E-state index < -0.39 is 5.97 Å². The Labute approximate surface area is 103 Å². The number of hydrogen-bond acceptors (Lipinski definition) is 1. The van der Waals surface area contributed by atoms with E-state index in [9.17, 15) is 4.79 Å². The Morgan fingerprint density at radius 3 is 1.82 bits per heavy atom. The molecule has 0 aliphatic heterocycles. The highest BCUT2D eigenvalue weighted by Crippen LogP contribution is 2.30. The standard InChI is InChI=1S/C15H20O2/c1-6-12-13(9(2)3)7-11(15(16)17)8-14(12)10(4)5/h6-10H,1H2,2-5H3,(H,16,17). The lowest BCUT2D eigenvalue weighted by Gasteiger charge is -2.18. The zero-order chi connectivity index (χ0) is 13.2. The van der Waals surface area contributed by atoms with Crippen molar-refractivity contribution >= 4 is 12.0 Å². The average Bonchev–Trinajstić information content (AvgIpc) is 2.26. The number of benzene rings is 1. The van der Waals surface area contributed by atoms with Gasteiger partial charge in [0.15, 0.2) is 0 Å². The Kier molecular flexibility index (Phi) is 4.11. The maximum atomic E-state index is 11.1. The van der Waals surface area contributed by atoms with E-state index in [1.807, 2.05) is 6.08 Å². The van der Waals surface area contributed by atoms with Gasteiger partial charge >= 0.3 is 5.97 Å². The van der Waals surface area contributed by atoms with E-state index in [2.05, 4.69) is 34.3 Å². The van der Waals surface area contributed by atoms with Gasteiger partial charge in [-0.1, -0.05) is 40.3 Å². The van der Waals surface area contributed by atoms with Crippen molar-refractivity contribution in [3.63, 3.8) is 0 Å². The molecule has 2 heteroatoms. The van der Waals surface area contributed by atoms with Gasteiger partial charge < -0.3 is 5.11 Å². The summed E-state index contributed by atoms with van der Waals surface area (Å²) in [5, 5.41) is 9.14. The van der Waals surface area contributed by atoms with Crippen molar-refractivity contribution in [3.05, 3.63) is 41.0 Å². The summed E-state index contributed by atoms with van der Waals surface area (Å²) in [4.78, 5) is 11.1. The molecule has 0 aliphatic rings. The summed E-state index contributed by atoms with van der Waals surface area (Å²) >= 11 is 0. The molecule has 1 rings (SSSR count). The molecular weight excluding hydrogens is 212 g/mol. The summed E-state index contributed by atoms with van der Waals surface area (Å²) in [5.74, 6) is -0.288. The van der Waals surface area contributed by atoms with Crippen molar-refractivity contribution < 1.29 is 9.90 Å². The number of hydrogen-bond donors (Lipinski definition) is 1. The Hall–Kier alpha value is -1.57. The van der Waals surface area contributed by atoms with Crippen molar-refractivity contribution in [2.75, 3.05) is 0 Å². The predicted octanol–water partition coefficient (Wildman–Crippen LogP) is 4.27. The van der Waals surface area contributed by atoms with Crippen molar-refractivity contribution in [1.29, 1.82) is 0 Å². The monoisotopic (exact) mass is 232 g/mol. The van der Waals surface area contributed by atoms with Crippen LogP contribution < -0.4 is 0 Å². The molecule has 0 aromatic heterocycles. The van der Waals surface area contributed by atoms with Gasteiger partial charge in [0.2, 0.25) is 0 Å². The van der Waals surface area contributed by atoms with Gasteiger partial charge in [0.1, 0.15) is 0 Å². The molecule has 1 N–H and O–H groups in total. The second-order valence-corrected chi connectivity index (χ2v) is 4.89. The van der Waals surface area contributed by atoms with Crippen LogP contribution in [-0.2, 0) is 0 Å². The molecule has 0 atom stereocenters. The van der Waals surface area contributed by atoms with E-state index in [0.717, 1.165) is 16.7 Å². The van der Waals surface area contributed by atoms with Gasteiger partial charge in [-0.2, -0.15) is 0 Å². The van der Waals surface area contributed by atoms with Crippen molar-refractivity contribution in [3.8, 4) is 0 Å². The second kappa shape index (κ2) is 5.17. The zero-order valence-electron chi connectivity index (χ0n) is 10.9. The number of carboxylic acids is 1. The molecule has 0 saturated heterocycles. The first kappa shape index (κ1) is 13.5. The normalized spacial score (nSPS) is 10.9. The molecule has 0 bridgehead atoms. The smallest absolute Gasteiger partial charge is 0.335 e. The van der Waals surface area contributed by atoms with Crippen LogP contribution in [0.25, 0.3) is 6.08 Å². The molecule has 0 radical (unpaired) electrons. The maximum absolute atomic E-state index is 11.1. The first-order valence-corrected chi connectivity index (χ1v) is 5.92. The highest BCUT2D eigenvalue weighted by Gasteiger charge is 2.16.